The van der Waals surface area contributed by atoms with Gasteiger partial charge in [0.15, 0.2) is 0 Å². The normalized spacial score (nSPS) is 20.9. The Morgan fingerprint density at radius 1 is 1.26 bits per heavy atom. The minimum absolute atomic E-state index is 0.0312. The molecule has 2 N–H and O–H groups in total. The number of carbonyl (C=O) groups is 1. The average molecular weight is 258 g/mol. The van der Waals surface area contributed by atoms with Gasteiger partial charge in [0.1, 0.15) is 0 Å². The van der Waals surface area contributed by atoms with Crippen LogP contribution < -0.4 is 10.6 Å². The molecule has 1 heterocycles. The van der Waals surface area contributed by atoms with Crippen molar-refractivity contribution in [1.29, 1.82) is 0 Å². The molecule has 1 aliphatic carbocycles. The van der Waals surface area contributed by atoms with Crippen LogP contribution in [0.5, 0.6) is 0 Å². The van der Waals surface area contributed by atoms with Crippen molar-refractivity contribution in [3.63, 3.8) is 0 Å². The number of nitrogens with zero attached hydrogens (tertiary/aromatic N) is 1. The quantitative estimate of drug-likeness (QED) is 0.841. The van der Waals surface area contributed by atoms with E-state index in [1.807, 2.05) is 11.0 Å². The summed E-state index contributed by atoms with van der Waals surface area (Å²) < 4.78 is 0. The first-order valence-corrected chi connectivity index (χ1v) is 7.14. The molecule has 19 heavy (non-hydrogen) atoms. The Morgan fingerprint density at radius 3 is 2.53 bits per heavy atom. The van der Waals surface area contributed by atoms with Crippen molar-refractivity contribution in [2.45, 2.75) is 50.5 Å². The van der Waals surface area contributed by atoms with Crippen LogP contribution in [0.1, 0.15) is 45.1 Å². The highest BCUT2D eigenvalue weighted by atomic mass is 16.2. The monoisotopic (exact) mass is 258 g/mol. The first kappa shape index (κ1) is 12.7. The lowest BCUT2D eigenvalue weighted by atomic mass is 9.81. The zero-order valence-corrected chi connectivity index (χ0v) is 11.8. The molecular formula is C16H22N2O. The maximum absolute atomic E-state index is 12.6. The van der Waals surface area contributed by atoms with E-state index in [0.717, 1.165) is 12.2 Å². The third-order valence-corrected chi connectivity index (χ3v) is 4.58. The van der Waals surface area contributed by atoms with Gasteiger partial charge in [0, 0.05) is 17.6 Å². The van der Waals surface area contributed by atoms with Crippen molar-refractivity contribution in [3.05, 3.63) is 29.8 Å². The summed E-state index contributed by atoms with van der Waals surface area (Å²) >= 11 is 0. The standard InChI is InChI=1S/C16H22N2O/c1-15(2,17)14(19)18-11-16(9-5-6-10-16)12-7-3-4-8-13(12)18/h3-4,7-8H,5-6,9-11,17H2,1-2H3. The fourth-order valence-corrected chi connectivity index (χ4v) is 3.64. The molecule has 2 aliphatic rings. The Hall–Kier alpha value is -1.35. The highest BCUT2D eigenvalue weighted by Crippen LogP contribution is 2.50. The Labute approximate surface area is 114 Å². The van der Waals surface area contributed by atoms with Crippen LogP contribution in [0.25, 0.3) is 0 Å². The number of para-hydroxylation sites is 1. The number of nitrogens with two attached hydrogens (primary N) is 1. The molecule has 0 radical (unpaired) electrons. The second-order valence-electron chi connectivity index (χ2n) is 6.62. The van der Waals surface area contributed by atoms with Crippen LogP contribution in [0.15, 0.2) is 24.3 Å². The molecule has 1 aromatic carbocycles. The van der Waals surface area contributed by atoms with Crippen molar-refractivity contribution >= 4 is 11.6 Å². The highest BCUT2D eigenvalue weighted by molar-refractivity contribution is 6.01. The summed E-state index contributed by atoms with van der Waals surface area (Å²) in [5, 5.41) is 0. The van der Waals surface area contributed by atoms with Crippen LogP contribution in [0.4, 0.5) is 5.69 Å². The van der Waals surface area contributed by atoms with E-state index in [0.29, 0.717) is 0 Å². The SMILES string of the molecule is CC(C)(N)C(=O)N1CC2(CCCC2)c2ccccc21. The van der Waals surface area contributed by atoms with E-state index in [-0.39, 0.29) is 11.3 Å². The minimum atomic E-state index is -0.808. The fourth-order valence-electron chi connectivity index (χ4n) is 3.64. The number of hydrogen-bond donors (Lipinski definition) is 1. The summed E-state index contributed by atoms with van der Waals surface area (Å²) in [5.41, 5.74) is 7.82. The Balaban J connectivity index is 2.04. The largest absolute Gasteiger partial charge is 0.318 e. The Morgan fingerprint density at radius 2 is 1.89 bits per heavy atom. The summed E-state index contributed by atoms with van der Waals surface area (Å²) in [6, 6.07) is 8.35. The number of anilines is 1. The summed E-state index contributed by atoms with van der Waals surface area (Å²) in [6.07, 6.45) is 4.92. The molecule has 1 fully saturated rings. The molecule has 3 rings (SSSR count). The van der Waals surface area contributed by atoms with Gasteiger partial charge in [-0.1, -0.05) is 31.0 Å². The molecule has 1 aromatic rings. The molecule has 0 unspecified atom stereocenters. The van der Waals surface area contributed by atoms with E-state index in [9.17, 15) is 4.79 Å². The first-order chi connectivity index (χ1) is 8.94. The predicted molar refractivity (Wildman–Crippen MR) is 77.2 cm³/mol. The van der Waals surface area contributed by atoms with Crippen molar-refractivity contribution in [1.82, 2.24) is 0 Å². The maximum Gasteiger partial charge on any atom is 0.246 e. The second kappa shape index (κ2) is 4.07. The number of fused-ring (bicyclic) bond motifs is 2. The van der Waals surface area contributed by atoms with E-state index in [4.69, 9.17) is 5.73 Å². The van der Waals surface area contributed by atoms with Crippen molar-refractivity contribution in [2.75, 3.05) is 11.4 Å². The Kier molecular flexibility index (Phi) is 2.72. The van der Waals surface area contributed by atoms with E-state index in [1.165, 1.54) is 31.2 Å². The average Bonchev–Trinajstić information content (AvgIpc) is 2.95. The number of amides is 1. The van der Waals surface area contributed by atoms with Crippen LogP contribution >= 0.6 is 0 Å². The van der Waals surface area contributed by atoms with Gasteiger partial charge in [0.05, 0.1) is 5.54 Å². The fraction of sp³-hybridized carbons (Fsp3) is 0.562. The molecule has 3 nitrogen and oxygen atoms in total. The van der Waals surface area contributed by atoms with Crippen molar-refractivity contribution < 1.29 is 4.79 Å². The van der Waals surface area contributed by atoms with Gasteiger partial charge in [-0.25, -0.2) is 0 Å². The maximum atomic E-state index is 12.6. The highest BCUT2D eigenvalue weighted by Gasteiger charge is 2.47. The number of benzene rings is 1. The number of hydrogen-bond acceptors (Lipinski definition) is 2. The van der Waals surface area contributed by atoms with Crippen molar-refractivity contribution in [2.24, 2.45) is 5.73 Å². The summed E-state index contributed by atoms with van der Waals surface area (Å²) in [5.74, 6) is 0.0312. The van der Waals surface area contributed by atoms with E-state index >= 15 is 0 Å². The van der Waals surface area contributed by atoms with Gasteiger partial charge < -0.3 is 10.6 Å². The second-order valence-corrected chi connectivity index (χ2v) is 6.62. The number of carbonyl (C=O) groups excluding carboxylic acids is 1. The molecular weight excluding hydrogens is 236 g/mol. The van der Waals surface area contributed by atoms with Gasteiger partial charge in [0.25, 0.3) is 0 Å². The summed E-state index contributed by atoms with van der Waals surface area (Å²) in [4.78, 5) is 14.5. The van der Waals surface area contributed by atoms with Gasteiger partial charge in [0.2, 0.25) is 5.91 Å². The van der Waals surface area contributed by atoms with Crippen LogP contribution in [0.3, 0.4) is 0 Å². The third kappa shape index (κ3) is 1.88. The lowest BCUT2D eigenvalue weighted by Crippen LogP contribution is -2.52. The molecule has 0 atom stereocenters. The van der Waals surface area contributed by atoms with Gasteiger partial charge in [-0.15, -0.1) is 0 Å². The molecule has 0 bridgehead atoms. The van der Waals surface area contributed by atoms with Gasteiger partial charge in [-0.3, -0.25) is 4.79 Å². The molecule has 1 amide bonds. The molecule has 102 valence electrons. The van der Waals surface area contributed by atoms with E-state index < -0.39 is 5.54 Å². The molecule has 1 aliphatic heterocycles. The molecule has 1 spiro atoms. The molecule has 0 aromatic heterocycles. The lowest BCUT2D eigenvalue weighted by molar-refractivity contribution is -0.122. The van der Waals surface area contributed by atoms with Crippen molar-refractivity contribution in [3.8, 4) is 0 Å². The first-order valence-electron chi connectivity index (χ1n) is 7.14. The molecule has 1 saturated carbocycles. The van der Waals surface area contributed by atoms with E-state index in [1.54, 1.807) is 13.8 Å². The minimum Gasteiger partial charge on any atom is -0.318 e. The summed E-state index contributed by atoms with van der Waals surface area (Å²) in [7, 11) is 0. The van der Waals surface area contributed by atoms with Crippen LogP contribution in [0.2, 0.25) is 0 Å². The van der Waals surface area contributed by atoms with E-state index in [2.05, 4.69) is 18.2 Å². The van der Waals surface area contributed by atoms with Crippen LogP contribution in [-0.4, -0.2) is 18.0 Å². The van der Waals surface area contributed by atoms with Gasteiger partial charge >= 0.3 is 0 Å². The zero-order chi connectivity index (χ0) is 13.7. The van der Waals surface area contributed by atoms with Crippen LogP contribution in [-0.2, 0) is 10.2 Å². The van der Waals surface area contributed by atoms with Gasteiger partial charge in [-0.05, 0) is 38.3 Å². The topological polar surface area (TPSA) is 46.3 Å². The molecule has 0 saturated heterocycles. The summed E-state index contributed by atoms with van der Waals surface area (Å²) in [6.45, 7) is 4.39. The zero-order valence-electron chi connectivity index (χ0n) is 11.8. The number of rotatable bonds is 1. The van der Waals surface area contributed by atoms with Gasteiger partial charge in [-0.2, -0.15) is 0 Å². The third-order valence-electron chi connectivity index (χ3n) is 4.58. The predicted octanol–water partition coefficient (Wildman–Crippen LogP) is 2.58. The molecule has 3 heteroatoms. The smallest absolute Gasteiger partial charge is 0.246 e. The lowest BCUT2D eigenvalue weighted by Gasteiger charge is -2.28. The van der Waals surface area contributed by atoms with Crippen LogP contribution in [0, 0.1) is 0 Å². The Bertz CT molecular complexity index is 510.